The van der Waals surface area contributed by atoms with Crippen molar-refractivity contribution in [3.8, 4) is 0 Å². The summed E-state index contributed by atoms with van der Waals surface area (Å²) in [4.78, 5) is 4.62. The zero-order chi connectivity index (χ0) is 11.5. The van der Waals surface area contributed by atoms with E-state index in [0.29, 0.717) is 12.0 Å². The van der Waals surface area contributed by atoms with Gasteiger partial charge in [0.1, 0.15) is 6.61 Å². The molecule has 2 nitrogen and oxygen atoms in total. The van der Waals surface area contributed by atoms with Crippen molar-refractivity contribution in [3.05, 3.63) is 35.4 Å². The molecular weight excluding hydrogens is 198 g/mol. The fourth-order valence-electron chi connectivity index (χ4n) is 1.85. The smallest absolute Gasteiger partial charge is 0.188 e. The molecule has 16 heavy (non-hydrogen) atoms. The fourth-order valence-corrected chi connectivity index (χ4v) is 1.85. The molecule has 86 valence electrons. The van der Waals surface area contributed by atoms with Crippen LogP contribution in [0.3, 0.4) is 0 Å². The Morgan fingerprint density at radius 3 is 2.75 bits per heavy atom. The molecule has 1 aromatic rings. The van der Waals surface area contributed by atoms with E-state index in [2.05, 4.69) is 50.0 Å². The second-order valence-corrected chi connectivity index (χ2v) is 4.75. The molecule has 0 saturated carbocycles. The van der Waals surface area contributed by atoms with Crippen molar-refractivity contribution in [1.82, 2.24) is 0 Å². The Balaban J connectivity index is 2.07. The van der Waals surface area contributed by atoms with E-state index >= 15 is 0 Å². The molecule has 1 aliphatic rings. The van der Waals surface area contributed by atoms with E-state index in [0.717, 1.165) is 18.9 Å². The molecule has 0 fully saturated rings. The van der Waals surface area contributed by atoms with Crippen LogP contribution in [0.25, 0.3) is 0 Å². The van der Waals surface area contributed by atoms with Crippen LogP contribution in [0.4, 0.5) is 0 Å². The minimum Gasteiger partial charge on any atom is -0.478 e. The molecule has 0 unspecified atom stereocenters. The maximum absolute atomic E-state index is 5.64. The first-order chi connectivity index (χ1) is 7.66. The topological polar surface area (TPSA) is 21.6 Å². The van der Waals surface area contributed by atoms with Crippen molar-refractivity contribution in [2.75, 3.05) is 6.61 Å². The number of hydrogen-bond donors (Lipinski definition) is 0. The lowest BCUT2D eigenvalue weighted by atomic mass is 10.1. The maximum atomic E-state index is 5.64. The Hall–Kier alpha value is -1.31. The van der Waals surface area contributed by atoms with Crippen LogP contribution in [0.1, 0.15) is 25.0 Å². The zero-order valence-corrected chi connectivity index (χ0v) is 10.2. The number of ether oxygens (including phenoxy) is 1. The van der Waals surface area contributed by atoms with Gasteiger partial charge in [-0.2, -0.15) is 0 Å². The minimum absolute atomic E-state index is 0.346. The first-order valence-corrected chi connectivity index (χ1v) is 5.91. The van der Waals surface area contributed by atoms with Crippen molar-refractivity contribution < 1.29 is 4.74 Å². The van der Waals surface area contributed by atoms with Crippen LogP contribution in [-0.2, 0) is 11.2 Å². The molecule has 1 aliphatic heterocycles. The van der Waals surface area contributed by atoms with Gasteiger partial charge < -0.3 is 4.74 Å². The van der Waals surface area contributed by atoms with Crippen molar-refractivity contribution >= 4 is 5.90 Å². The summed E-state index contributed by atoms with van der Waals surface area (Å²) in [6.07, 6.45) is 0.829. The van der Waals surface area contributed by atoms with E-state index < -0.39 is 0 Å². The summed E-state index contributed by atoms with van der Waals surface area (Å²) in [7, 11) is 0. The summed E-state index contributed by atoms with van der Waals surface area (Å²) in [5.41, 5.74) is 2.62. The Morgan fingerprint density at radius 1 is 1.38 bits per heavy atom. The number of aliphatic imine (C=N–C) groups is 1. The summed E-state index contributed by atoms with van der Waals surface area (Å²) in [6, 6.07) is 8.75. The van der Waals surface area contributed by atoms with E-state index in [1.165, 1.54) is 11.1 Å². The maximum Gasteiger partial charge on any atom is 0.188 e. The Kier molecular flexibility index (Phi) is 3.28. The van der Waals surface area contributed by atoms with Crippen molar-refractivity contribution in [1.29, 1.82) is 0 Å². The highest BCUT2D eigenvalue weighted by Gasteiger charge is 2.21. The van der Waals surface area contributed by atoms with Crippen LogP contribution in [0.15, 0.2) is 29.3 Å². The predicted octanol–water partition coefficient (Wildman–Crippen LogP) is 2.99. The highest BCUT2D eigenvalue weighted by molar-refractivity contribution is 5.80. The highest BCUT2D eigenvalue weighted by atomic mass is 16.5. The number of rotatable bonds is 3. The molecule has 0 amide bonds. The SMILES string of the molecule is Cc1ccccc1CC1=N[C@H](C(C)C)CO1. The van der Waals surface area contributed by atoms with E-state index in [1.54, 1.807) is 0 Å². The Bertz CT molecular complexity index is 395. The molecule has 0 radical (unpaired) electrons. The predicted molar refractivity (Wildman–Crippen MR) is 66.9 cm³/mol. The van der Waals surface area contributed by atoms with Crippen LogP contribution >= 0.6 is 0 Å². The monoisotopic (exact) mass is 217 g/mol. The number of benzene rings is 1. The Labute approximate surface area is 97.4 Å². The van der Waals surface area contributed by atoms with Gasteiger partial charge in [0.25, 0.3) is 0 Å². The fraction of sp³-hybridized carbons (Fsp3) is 0.500. The third-order valence-corrected chi connectivity index (χ3v) is 3.10. The van der Waals surface area contributed by atoms with E-state index in [1.807, 2.05) is 0 Å². The van der Waals surface area contributed by atoms with Gasteiger partial charge >= 0.3 is 0 Å². The van der Waals surface area contributed by atoms with Crippen molar-refractivity contribution in [2.45, 2.75) is 33.2 Å². The molecule has 0 aromatic heterocycles. The Morgan fingerprint density at radius 2 is 2.12 bits per heavy atom. The van der Waals surface area contributed by atoms with Gasteiger partial charge in [-0.25, -0.2) is 4.99 Å². The molecule has 0 bridgehead atoms. The minimum atomic E-state index is 0.346. The molecule has 0 spiro atoms. The normalized spacial score (nSPS) is 19.8. The van der Waals surface area contributed by atoms with Crippen LogP contribution < -0.4 is 0 Å². The average Bonchev–Trinajstić information content (AvgIpc) is 2.70. The van der Waals surface area contributed by atoms with Crippen LogP contribution in [0, 0.1) is 12.8 Å². The largest absolute Gasteiger partial charge is 0.478 e. The summed E-state index contributed by atoms with van der Waals surface area (Å²) >= 11 is 0. The van der Waals surface area contributed by atoms with Gasteiger partial charge in [-0.3, -0.25) is 0 Å². The second kappa shape index (κ2) is 4.69. The lowest BCUT2D eigenvalue weighted by molar-refractivity contribution is 0.287. The first kappa shape index (κ1) is 11.2. The molecule has 0 N–H and O–H groups in total. The van der Waals surface area contributed by atoms with E-state index in [9.17, 15) is 0 Å². The van der Waals surface area contributed by atoms with Gasteiger partial charge in [-0.15, -0.1) is 0 Å². The zero-order valence-electron chi connectivity index (χ0n) is 10.2. The first-order valence-electron chi connectivity index (χ1n) is 5.91. The van der Waals surface area contributed by atoms with Crippen LogP contribution in [0.5, 0.6) is 0 Å². The molecule has 2 rings (SSSR count). The summed E-state index contributed by atoms with van der Waals surface area (Å²) in [6.45, 7) is 7.26. The molecular formula is C14H19NO. The van der Waals surface area contributed by atoms with E-state index in [-0.39, 0.29) is 0 Å². The summed E-state index contributed by atoms with van der Waals surface area (Å²) in [5, 5.41) is 0. The van der Waals surface area contributed by atoms with Gasteiger partial charge in [-0.05, 0) is 24.0 Å². The molecule has 1 atom stereocenters. The van der Waals surface area contributed by atoms with Crippen LogP contribution in [0.2, 0.25) is 0 Å². The average molecular weight is 217 g/mol. The summed E-state index contributed by atoms with van der Waals surface area (Å²) in [5.74, 6) is 1.46. The number of hydrogen-bond acceptors (Lipinski definition) is 2. The number of aryl methyl sites for hydroxylation is 1. The van der Waals surface area contributed by atoms with Gasteiger partial charge in [0.05, 0.1) is 6.04 Å². The standard InChI is InChI=1S/C14H19NO/c1-10(2)13-9-16-14(15-13)8-12-7-5-4-6-11(12)3/h4-7,10,13H,8-9H2,1-3H3/t13-/m0/s1. The molecule has 1 heterocycles. The van der Waals surface area contributed by atoms with Gasteiger partial charge in [0.15, 0.2) is 5.90 Å². The van der Waals surface area contributed by atoms with Gasteiger partial charge in [-0.1, -0.05) is 38.1 Å². The second-order valence-electron chi connectivity index (χ2n) is 4.75. The van der Waals surface area contributed by atoms with Crippen molar-refractivity contribution in [2.24, 2.45) is 10.9 Å². The van der Waals surface area contributed by atoms with Crippen LogP contribution in [-0.4, -0.2) is 18.5 Å². The third-order valence-electron chi connectivity index (χ3n) is 3.10. The highest BCUT2D eigenvalue weighted by Crippen LogP contribution is 2.17. The lowest BCUT2D eigenvalue weighted by Gasteiger charge is -2.06. The molecule has 0 saturated heterocycles. The van der Waals surface area contributed by atoms with E-state index in [4.69, 9.17) is 4.74 Å². The molecule has 1 aromatic carbocycles. The third kappa shape index (κ3) is 2.43. The number of nitrogens with zero attached hydrogens (tertiary/aromatic N) is 1. The molecule has 0 aliphatic carbocycles. The van der Waals surface area contributed by atoms with Crippen molar-refractivity contribution in [3.63, 3.8) is 0 Å². The van der Waals surface area contributed by atoms with Gasteiger partial charge in [0.2, 0.25) is 0 Å². The van der Waals surface area contributed by atoms with Gasteiger partial charge in [0, 0.05) is 6.42 Å². The quantitative estimate of drug-likeness (QED) is 0.762. The summed E-state index contributed by atoms with van der Waals surface area (Å²) < 4.78 is 5.64. The molecule has 2 heteroatoms. The lowest BCUT2D eigenvalue weighted by Crippen LogP contribution is -2.13.